The predicted octanol–water partition coefficient (Wildman–Crippen LogP) is 5.52. The van der Waals surface area contributed by atoms with Crippen LogP contribution in [0.3, 0.4) is 0 Å². The summed E-state index contributed by atoms with van der Waals surface area (Å²) < 4.78 is 51.0. The summed E-state index contributed by atoms with van der Waals surface area (Å²) in [6.45, 7) is 2.30. The number of halogens is 3. The third-order valence-corrected chi connectivity index (χ3v) is 4.53. The molecule has 2 amide bonds. The average molecular weight is 446 g/mol. The smallest absolute Gasteiger partial charge is 0.418 e. The first-order valence-corrected chi connectivity index (χ1v) is 9.83. The number of para-hydroxylation sites is 1. The largest absolute Gasteiger partial charge is 0.494 e. The van der Waals surface area contributed by atoms with Crippen molar-refractivity contribution in [1.29, 1.82) is 0 Å². The Morgan fingerprint density at radius 1 is 1.06 bits per heavy atom. The maximum Gasteiger partial charge on any atom is 0.418 e. The highest BCUT2D eigenvalue weighted by Gasteiger charge is 2.34. The Balaban J connectivity index is 1.71. The van der Waals surface area contributed by atoms with Crippen LogP contribution in [0.25, 0.3) is 0 Å². The van der Waals surface area contributed by atoms with Gasteiger partial charge in [-0.25, -0.2) is 0 Å². The molecule has 9 heteroatoms. The molecule has 0 saturated carbocycles. The zero-order valence-corrected chi connectivity index (χ0v) is 17.2. The van der Waals surface area contributed by atoms with Gasteiger partial charge >= 0.3 is 6.18 Å². The lowest BCUT2D eigenvalue weighted by atomic mass is 10.1. The highest BCUT2D eigenvalue weighted by Crippen LogP contribution is 2.37. The molecule has 6 nitrogen and oxygen atoms in total. The van der Waals surface area contributed by atoms with Gasteiger partial charge in [0.15, 0.2) is 0 Å². The number of benzene rings is 2. The van der Waals surface area contributed by atoms with Crippen LogP contribution < -0.4 is 15.4 Å². The molecule has 2 aromatic carbocycles. The maximum absolute atomic E-state index is 13.6. The van der Waals surface area contributed by atoms with Crippen molar-refractivity contribution < 1.29 is 31.9 Å². The summed E-state index contributed by atoms with van der Waals surface area (Å²) in [6, 6.07) is 11.7. The summed E-state index contributed by atoms with van der Waals surface area (Å²) in [4.78, 5) is 24.4. The quantitative estimate of drug-likeness (QED) is 0.477. The van der Waals surface area contributed by atoms with Gasteiger partial charge < -0.3 is 19.8 Å². The molecule has 0 saturated heterocycles. The molecule has 1 aromatic heterocycles. The van der Waals surface area contributed by atoms with E-state index >= 15 is 0 Å². The molecule has 0 fully saturated rings. The van der Waals surface area contributed by atoms with E-state index < -0.39 is 23.6 Å². The fraction of sp³-hybridized carbons (Fsp3) is 0.217. The molecule has 32 heavy (non-hydrogen) atoms. The molecule has 0 spiro atoms. The Kier molecular flexibility index (Phi) is 7.19. The number of rotatable bonds is 8. The molecule has 1 heterocycles. The lowest BCUT2D eigenvalue weighted by molar-refractivity contribution is -0.136. The Hall–Kier alpha value is -3.75. The molecule has 0 aliphatic rings. The standard InChI is InChI=1S/C23H21F3N2O4/c1-2-32-20-6-4-3-5-15(20)7-10-21(29)28-19-9-8-17(13-18(19)23(24,25)26)27-22(30)16-11-12-31-14-16/h3-6,8-9,11-14H,2,7,10H2,1H3,(H,27,30)(H,28,29). The number of furan rings is 1. The number of carbonyl (C=O) groups excluding carboxylic acids is 2. The van der Waals surface area contributed by atoms with Crippen LogP contribution in [0.4, 0.5) is 24.5 Å². The zero-order chi connectivity index (χ0) is 23.1. The van der Waals surface area contributed by atoms with Crippen molar-refractivity contribution in [2.45, 2.75) is 25.9 Å². The predicted molar refractivity (Wildman–Crippen MR) is 113 cm³/mol. The Morgan fingerprint density at radius 3 is 2.53 bits per heavy atom. The minimum absolute atomic E-state index is 0.0274. The van der Waals surface area contributed by atoms with Gasteiger partial charge in [-0.15, -0.1) is 0 Å². The minimum Gasteiger partial charge on any atom is -0.494 e. The number of hydrogen-bond donors (Lipinski definition) is 2. The van der Waals surface area contributed by atoms with E-state index in [0.717, 1.165) is 17.7 Å². The fourth-order valence-electron chi connectivity index (χ4n) is 3.03. The van der Waals surface area contributed by atoms with Gasteiger partial charge in [-0.3, -0.25) is 9.59 Å². The van der Waals surface area contributed by atoms with E-state index in [-0.39, 0.29) is 23.4 Å². The van der Waals surface area contributed by atoms with E-state index in [1.165, 1.54) is 24.7 Å². The van der Waals surface area contributed by atoms with Gasteiger partial charge in [0.2, 0.25) is 5.91 Å². The first-order valence-electron chi connectivity index (χ1n) is 9.83. The van der Waals surface area contributed by atoms with Crippen molar-refractivity contribution in [3.05, 3.63) is 77.7 Å². The monoisotopic (exact) mass is 446 g/mol. The summed E-state index contributed by atoms with van der Waals surface area (Å²) >= 11 is 0. The summed E-state index contributed by atoms with van der Waals surface area (Å²) in [5, 5.41) is 4.70. The van der Waals surface area contributed by atoms with Gasteiger partial charge in [-0.1, -0.05) is 18.2 Å². The normalized spacial score (nSPS) is 11.1. The number of amides is 2. The van der Waals surface area contributed by atoms with Crippen LogP contribution >= 0.6 is 0 Å². The molecule has 0 unspecified atom stereocenters. The van der Waals surface area contributed by atoms with Crippen molar-refractivity contribution in [1.82, 2.24) is 0 Å². The molecule has 168 valence electrons. The second-order valence-corrected chi connectivity index (χ2v) is 6.81. The average Bonchev–Trinajstić information content (AvgIpc) is 3.29. The molecule has 2 N–H and O–H groups in total. The highest BCUT2D eigenvalue weighted by molar-refractivity contribution is 6.04. The van der Waals surface area contributed by atoms with Crippen molar-refractivity contribution in [2.75, 3.05) is 17.2 Å². The van der Waals surface area contributed by atoms with Crippen LogP contribution in [-0.2, 0) is 17.4 Å². The number of carbonyl (C=O) groups is 2. The SMILES string of the molecule is CCOc1ccccc1CCC(=O)Nc1ccc(NC(=O)c2ccoc2)cc1C(F)(F)F. The van der Waals surface area contributed by atoms with Crippen molar-refractivity contribution >= 4 is 23.2 Å². The Bertz CT molecular complexity index is 1080. The topological polar surface area (TPSA) is 80.6 Å². The van der Waals surface area contributed by atoms with E-state index in [1.54, 1.807) is 24.3 Å². The number of hydrogen-bond acceptors (Lipinski definition) is 4. The van der Waals surface area contributed by atoms with E-state index in [2.05, 4.69) is 10.6 Å². The minimum atomic E-state index is -4.74. The van der Waals surface area contributed by atoms with Crippen LogP contribution in [0.5, 0.6) is 5.75 Å². The first kappa shape index (κ1) is 22.9. The Labute approximate surface area is 182 Å². The van der Waals surface area contributed by atoms with Crippen molar-refractivity contribution in [3.8, 4) is 5.75 Å². The highest BCUT2D eigenvalue weighted by atomic mass is 19.4. The third kappa shape index (κ3) is 5.90. The second kappa shape index (κ2) is 10.0. The number of ether oxygens (including phenoxy) is 1. The molecule has 0 bridgehead atoms. The molecular weight excluding hydrogens is 425 g/mol. The van der Waals surface area contributed by atoms with Crippen LogP contribution in [0.2, 0.25) is 0 Å². The number of alkyl halides is 3. The number of anilines is 2. The molecule has 3 rings (SSSR count). The summed E-state index contributed by atoms with van der Waals surface area (Å²) in [6.07, 6.45) is -2.00. The Morgan fingerprint density at radius 2 is 1.84 bits per heavy atom. The fourth-order valence-corrected chi connectivity index (χ4v) is 3.03. The summed E-state index contributed by atoms with van der Waals surface area (Å²) in [5.74, 6) is -0.551. The zero-order valence-electron chi connectivity index (χ0n) is 17.2. The molecule has 0 aliphatic carbocycles. The van der Waals surface area contributed by atoms with Gasteiger partial charge in [0, 0.05) is 12.1 Å². The van der Waals surface area contributed by atoms with Crippen LogP contribution in [0.15, 0.2) is 65.5 Å². The third-order valence-electron chi connectivity index (χ3n) is 4.53. The summed E-state index contributed by atoms with van der Waals surface area (Å²) in [7, 11) is 0. The van der Waals surface area contributed by atoms with E-state index in [4.69, 9.17) is 9.15 Å². The van der Waals surface area contributed by atoms with E-state index in [1.807, 2.05) is 6.92 Å². The molecule has 3 aromatic rings. The van der Waals surface area contributed by atoms with Crippen LogP contribution in [0, 0.1) is 0 Å². The van der Waals surface area contributed by atoms with Crippen LogP contribution in [-0.4, -0.2) is 18.4 Å². The lowest BCUT2D eigenvalue weighted by Crippen LogP contribution is -2.18. The van der Waals surface area contributed by atoms with Gasteiger partial charge in [0.05, 0.1) is 29.7 Å². The molecule has 0 radical (unpaired) electrons. The molecule has 0 aliphatic heterocycles. The lowest BCUT2D eigenvalue weighted by Gasteiger charge is -2.16. The van der Waals surface area contributed by atoms with E-state index in [0.29, 0.717) is 18.8 Å². The van der Waals surface area contributed by atoms with Crippen molar-refractivity contribution in [3.63, 3.8) is 0 Å². The van der Waals surface area contributed by atoms with Gasteiger partial charge in [-0.05, 0) is 49.2 Å². The van der Waals surface area contributed by atoms with Crippen molar-refractivity contribution in [2.24, 2.45) is 0 Å². The van der Waals surface area contributed by atoms with Crippen LogP contribution in [0.1, 0.15) is 34.8 Å². The number of nitrogens with one attached hydrogen (secondary N) is 2. The maximum atomic E-state index is 13.6. The number of aryl methyl sites for hydroxylation is 1. The summed E-state index contributed by atoms with van der Waals surface area (Å²) in [5.41, 5.74) is -0.555. The van der Waals surface area contributed by atoms with Gasteiger partial charge in [-0.2, -0.15) is 13.2 Å². The molecular formula is C23H21F3N2O4. The van der Waals surface area contributed by atoms with Gasteiger partial charge in [0.1, 0.15) is 12.0 Å². The first-order chi connectivity index (χ1) is 15.3. The second-order valence-electron chi connectivity index (χ2n) is 6.81. The molecule has 0 atom stereocenters. The van der Waals surface area contributed by atoms with E-state index in [9.17, 15) is 22.8 Å². The van der Waals surface area contributed by atoms with Gasteiger partial charge in [0.25, 0.3) is 5.91 Å².